The summed E-state index contributed by atoms with van der Waals surface area (Å²) in [6, 6.07) is 12.1. The second kappa shape index (κ2) is 12.7. The van der Waals surface area contributed by atoms with Crippen molar-refractivity contribution < 1.29 is 28.7 Å². The number of amides is 3. The van der Waals surface area contributed by atoms with Gasteiger partial charge in [-0.15, -0.1) is 0 Å². The first-order chi connectivity index (χ1) is 20.6. The lowest BCUT2D eigenvalue weighted by Gasteiger charge is -2.39. The van der Waals surface area contributed by atoms with Crippen molar-refractivity contribution in [2.75, 3.05) is 19.7 Å². The molecule has 2 atom stereocenters. The van der Waals surface area contributed by atoms with Crippen LogP contribution in [0.2, 0.25) is 0 Å². The summed E-state index contributed by atoms with van der Waals surface area (Å²) in [6.07, 6.45) is 0.355. The van der Waals surface area contributed by atoms with Gasteiger partial charge in [0.1, 0.15) is 17.6 Å². The number of benzene rings is 2. The van der Waals surface area contributed by atoms with Crippen LogP contribution in [-0.4, -0.2) is 70.0 Å². The average Bonchev–Trinajstić information content (AvgIpc) is 3.27. The Morgan fingerprint density at radius 2 is 1.84 bits per heavy atom. The number of carbonyl (C=O) groups is 4. The van der Waals surface area contributed by atoms with Crippen molar-refractivity contribution in [2.24, 2.45) is 0 Å². The lowest BCUT2D eigenvalue weighted by molar-refractivity contribution is -0.134. The summed E-state index contributed by atoms with van der Waals surface area (Å²) in [5, 5.41) is 10.4. The van der Waals surface area contributed by atoms with Crippen molar-refractivity contribution in [3.63, 3.8) is 0 Å². The fourth-order valence-corrected chi connectivity index (χ4v) is 5.62. The molecular weight excluding hydrogens is 550 g/mol. The van der Waals surface area contributed by atoms with Gasteiger partial charge in [0.15, 0.2) is 12.4 Å². The van der Waals surface area contributed by atoms with Gasteiger partial charge in [0.2, 0.25) is 5.91 Å². The molecule has 3 aliphatic heterocycles. The third kappa shape index (κ3) is 6.87. The van der Waals surface area contributed by atoms with Gasteiger partial charge in [-0.1, -0.05) is 18.2 Å². The zero-order chi connectivity index (χ0) is 30.7. The Morgan fingerprint density at radius 3 is 2.56 bits per heavy atom. The van der Waals surface area contributed by atoms with Crippen molar-refractivity contribution in [1.29, 1.82) is 0 Å². The fourth-order valence-electron chi connectivity index (χ4n) is 5.62. The largest absolute Gasteiger partial charge is 0.488 e. The maximum Gasteiger partial charge on any atom is 0.258 e. The van der Waals surface area contributed by atoms with Gasteiger partial charge >= 0.3 is 0 Å². The molecule has 0 unspecified atom stereocenters. The first-order valence-corrected chi connectivity index (χ1v) is 14.5. The van der Waals surface area contributed by atoms with Crippen molar-refractivity contribution in [3.8, 4) is 11.5 Å². The minimum absolute atomic E-state index is 0.0481. The minimum atomic E-state index is -0.479. The zero-order valence-electron chi connectivity index (χ0n) is 24.9. The SMILES string of the molecule is CC(=O)c1c(C)nn(CCC(=O)N2CC[C@@H]3Oc4ccc(cc4)CNC(=O)COc4cc(ccc4C)C(=O)N[C@H]3C2)c1C. The molecule has 6 rings (SSSR count). The van der Waals surface area contributed by atoms with E-state index in [0.717, 1.165) is 16.8 Å². The number of nitrogens with one attached hydrogen (secondary N) is 2. The van der Waals surface area contributed by atoms with Crippen LogP contribution in [0.15, 0.2) is 42.5 Å². The van der Waals surface area contributed by atoms with E-state index in [0.29, 0.717) is 54.4 Å². The lowest BCUT2D eigenvalue weighted by Crippen LogP contribution is -2.58. The molecule has 2 aromatic carbocycles. The highest BCUT2D eigenvalue weighted by molar-refractivity contribution is 5.96. The minimum Gasteiger partial charge on any atom is -0.488 e. The number of aryl methyl sites for hydroxylation is 3. The Morgan fingerprint density at radius 1 is 1.07 bits per heavy atom. The molecule has 1 fully saturated rings. The van der Waals surface area contributed by atoms with Crippen LogP contribution in [0.4, 0.5) is 0 Å². The number of nitrogens with zero attached hydrogens (tertiary/aromatic N) is 3. The molecule has 3 aromatic rings. The topological polar surface area (TPSA) is 132 Å². The molecule has 4 bridgehead atoms. The predicted molar refractivity (Wildman–Crippen MR) is 158 cm³/mol. The first kappa shape index (κ1) is 29.8. The molecule has 2 N–H and O–H groups in total. The summed E-state index contributed by atoms with van der Waals surface area (Å²) < 4.78 is 13.8. The number of carbonyl (C=O) groups excluding carboxylic acids is 4. The number of hydrogen-bond donors (Lipinski definition) is 2. The molecule has 3 amide bonds. The van der Waals surface area contributed by atoms with Gasteiger partial charge in [0.25, 0.3) is 11.8 Å². The highest BCUT2D eigenvalue weighted by Crippen LogP contribution is 2.24. The number of Topliss-reactive ketones (excluding diaryl/α,β-unsaturated/α-hetero) is 1. The van der Waals surface area contributed by atoms with Gasteiger partial charge in [0.05, 0.1) is 17.3 Å². The number of aromatic nitrogens is 2. The number of rotatable bonds is 4. The van der Waals surface area contributed by atoms with Crippen LogP contribution in [0, 0.1) is 20.8 Å². The van der Waals surface area contributed by atoms with Gasteiger partial charge in [0, 0.05) is 50.3 Å². The summed E-state index contributed by atoms with van der Waals surface area (Å²) in [7, 11) is 0. The second-order valence-corrected chi connectivity index (χ2v) is 11.1. The monoisotopic (exact) mass is 587 g/mol. The van der Waals surface area contributed by atoms with E-state index in [2.05, 4.69) is 15.7 Å². The van der Waals surface area contributed by atoms with Gasteiger partial charge in [-0.05, 0) is 63.1 Å². The van der Waals surface area contributed by atoms with E-state index in [1.807, 2.05) is 38.1 Å². The van der Waals surface area contributed by atoms with Crippen molar-refractivity contribution in [2.45, 2.75) is 65.8 Å². The Balaban J connectivity index is 1.35. The summed E-state index contributed by atoms with van der Waals surface area (Å²) in [4.78, 5) is 52.9. The van der Waals surface area contributed by atoms with Gasteiger partial charge < -0.3 is 25.0 Å². The maximum atomic E-state index is 13.4. The quantitative estimate of drug-likeness (QED) is 0.449. The molecule has 0 aliphatic carbocycles. The Hall–Kier alpha value is -4.67. The second-order valence-electron chi connectivity index (χ2n) is 11.1. The van der Waals surface area contributed by atoms with Crippen LogP contribution in [0.3, 0.4) is 0 Å². The zero-order valence-corrected chi connectivity index (χ0v) is 24.9. The van der Waals surface area contributed by atoms with Crippen molar-refractivity contribution in [3.05, 3.63) is 76.1 Å². The molecule has 0 radical (unpaired) electrons. The molecule has 4 heterocycles. The standard InChI is InChI=1S/C32H37N5O6/c1-19-5-8-24-15-28(19)42-18-29(39)33-16-23-6-9-25(10-7-23)43-27-11-13-36(17-26(27)34-32(24)41)30(40)12-14-37-21(3)31(22(4)38)20(2)35-37/h5-10,15,26-27H,11-14,16-18H2,1-4H3,(H,33,39)(H,34,41)/t26-,27-/m0/s1. The smallest absolute Gasteiger partial charge is 0.258 e. The third-order valence-corrected chi connectivity index (χ3v) is 8.00. The molecule has 1 saturated heterocycles. The highest BCUT2D eigenvalue weighted by Gasteiger charge is 2.34. The van der Waals surface area contributed by atoms with E-state index in [4.69, 9.17) is 9.47 Å². The van der Waals surface area contributed by atoms with Gasteiger partial charge in [-0.25, -0.2) is 0 Å². The summed E-state index contributed by atoms with van der Waals surface area (Å²) in [5.41, 5.74) is 4.08. The third-order valence-electron chi connectivity index (χ3n) is 8.00. The van der Waals surface area contributed by atoms with E-state index in [-0.39, 0.29) is 49.2 Å². The van der Waals surface area contributed by atoms with E-state index in [1.54, 1.807) is 34.7 Å². The number of piperidine rings is 1. The normalized spacial score (nSPS) is 18.9. The summed E-state index contributed by atoms with van der Waals surface area (Å²) in [5.74, 6) is 0.359. The number of ketones is 1. The van der Waals surface area contributed by atoms with Crippen molar-refractivity contribution in [1.82, 2.24) is 25.3 Å². The van der Waals surface area contributed by atoms with Gasteiger partial charge in [-0.2, -0.15) is 5.10 Å². The molecule has 226 valence electrons. The van der Waals surface area contributed by atoms with Crippen LogP contribution in [0.1, 0.15) is 63.0 Å². The Labute approximate surface area is 250 Å². The van der Waals surface area contributed by atoms with E-state index >= 15 is 0 Å². The summed E-state index contributed by atoms with van der Waals surface area (Å²) >= 11 is 0. The van der Waals surface area contributed by atoms with Gasteiger partial charge in [-0.3, -0.25) is 23.9 Å². The molecule has 0 saturated carbocycles. The van der Waals surface area contributed by atoms with E-state index in [9.17, 15) is 19.2 Å². The van der Waals surface area contributed by atoms with Crippen LogP contribution in [0.25, 0.3) is 0 Å². The number of fused-ring (bicyclic) bond motifs is 7. The van der Waals surface area contributed by atoms with Crippen LogP contribution in [0.5, 0.6) is 11.5 Å². The maximum absolute atomic E-state index is 13.4. The number of likely N-dealkylation sites (tertiary alicyclic amines) is 1. The molecule has 0 spiro atoms. The van der Waals surface area contributed by atoms with E-state index < -0.39 is 6.04 Å². The fraction of sp³-hybridized carbons (Fsp3) is 0.406. The highest BCUT2D eigenvalue weighted by atomic mass is 16.5. The van der Waals surface area contributed by atoms with Crippen LogP contribution >= 0.6 is 0 Å². The number of ether oxygens (including phenoxy) is 2. The van der Waals surface area contributed by atoms with Crippen LogP contribution in [-0.2, 0) is 22.7 Å². The predicted octanol–water partition coefficient (Wildman–Crippen LogP) is 2.89. The molecule has 11 nitrogen and oxygen atoms in total. The molecular formula is C32H37N5O6. The first-order valence-electron chi connectivity index (χ1n) is 14.5. The molecule has 1 aromatic heterocycles. The van der Waals surface area contributed by atoms with E-state index in [1.165, 1.54) is 6.92 Å². The Bertz CT molecular complexity index is 1550. The van der Waals surface area contributed by atoms with Crippen molar-refractivity contribution >= 4 is 23.5 Å². The summed E-state index contributed by atoms with van der Waals surface area (Å²) in [6.45, 7) is 8.25. The molecule has 11 heteroatoms. The molecule has 43 heavy (non-hydrogen) atoms. The molecule has 3 aliphatic rings. The Kier molecular flexibility index (Phi) is 8.79. The number of hydrogen-bond acceptors (Lipinski definition) is 7. The van der Waals surface area contributed by atoms with Crippen LogP contribution < -0.4 is 20.1 Å². The lowest BCUT2D eigenvalue weighted by atomic mass is 10.00. The average molecular weight is 588 g/mol.